The van der Waals surface area contributed by atoms with Gasteiger partial charge in [0.25, 0.3) is 5.69 Å². The van der Waals surface area contributed by atoms with Crippen LogP contribution in [-0.4, -0.2) is 29.2 Å². The monoisotopic (exact) mass is 250 g/mol. The fraction of sp³-hybridized carbons (Fsp3) is 0.538. The summed E-state index contributed by atoms with van der Waals surface area (Å²) in [5.74, 6) is 0.254. The van der Waals surface area contributed by atoms with Gasteiger partial charge in [-0.25, -0.2) is 0 Å². The lowest BCUT2D eigenvalue weighted by molar-refractivity contribution is -0.384. The number of rotatable bonds is 2. The van der Waals surface area contributed by atoms with Gasteiger partial charge in [-0.1, -0.05) is 19.1 Å². The molecule has 0 bridgehead atoms. The van der Waals surface area contributed by atoms with Crippen LogP contribution < -0.4 is 4.90 Å². The molecule has 2 rings (SSSR count). The average molecular weight is 250 g/mol. The van der Waals surface area contributed by atoms with E-state index in [1.54, 1.807) is 6.07 Å². The van der Waals surface area contributed by atoms with Crippen molar-refractivity contribution in [1.82, 2.24) is 0 Å². The number of aliphatic hydroxyl groups is 1. The number of piperidine rings is 1. The van der Waals surface area contributed by atoms with Crippen LogP contribution in [0.4, 0.5) is 11.4 Å². The standard InChI is InChI=1S/C13H18N2O3/c1-9-6-7-14(8-12(9)16)13-10(2)4-3-5-11(13)15(17)18/h3-5,9,12,16H,6-8H2,1-2H3. The molecule has 18 heavy (non-hydrogen) atoms. The highest BCUT2D eigenvalue weighted by Gasteiger charge is 2.29. The fourth-order valence-electron chi connectivity index (χ4n) is 2.45. The summed E-state index contributed by atoms with van der Waals surface area (Å²) >= 11 is 0. The van der Waals surface area contributed by atoms with Gasteiger partial charge in [-0.05, 0) is 24.8 Å². The van der Waals surface area contributed by atoms with Gasteiger partial charge in [0.1, 0.15) is 5.69 Å². The molecule has 0 aliphatic carbocycles. The van der Waals surface area contributed by atoms with E-state index < -0.39 is 6.10 Å². The minimum absolute atomic E-state index is 0.122. The zero-order chi connectivity index (χ0) is 13.3. The molecule has 2 unspecified atom stereocenters. The Kier molecular flexibility index (Phi) is 3.52. The first-order valence-corrected chi connectivity index (χ1v) is 6.17. The van der Waals surface area contributed by atoms with E-state index in [9.17, 15) is 15.2 Å². The molecule has 0 radical (unpaired) electrons. The summed E-state index contributed by atoms with van der Waals surface area (Å²) in [6.07, 6.45) is 0.435. The highest BCUT2D eigenvalue weighted by molar-refractivity contribution is 5.68. The molecule has 1 heterocycles. The van der Waals surface area contributed by atoms with E-state index in [0.717, 1.165) is 18.5 Å². The highest BCUT2D eigenvalue weighted by atomic mass is 16.6. The minimum atomic E-state index is -0.419. The van der Waals surface area contributed by atoms with E-state index in [1.807, 2.05) is 24.8 Å². The zero-order valence-corrected chi connectivity index (χ0v) is 10.7. The summed E-state index contributed by atoms with van der Waals surface area (Å²) in [7, 11) is 0. The molecule has 1 fully saturated rings. The topological polar surface area (TPSA) is 66.6 Å². The van der Waals surface area contributed by atoms with Crippen LogP contribution in [0.5, 0.6) is 0 Å². The third-order valence-corrected chi connectivity index (χ3v) is 3.65. The number of benzene rings is 1. The van der Waals surface area contributed by atoms with Crippen LogP contribution in [0, 0.1) is 23.0 Å². The SMILES string of the molecule is Cc1cccc([N+](=O)[O-])c1N1CCC(C)C(O)C1. The zero-order valence-electron chi connectivity index (χ0n) is 10.7. The summed E-state index contributed by atoms with van der Waals surface area (Å²) < 4.78 is 0. The Morgan fingerprint density at radius 2 is 2.22 bits per heavy atom. The molecule has 5 heteroatoms. The Labute approximate surface area is 106 Å². The summed E-state index contributed by atoms with van der Waals surface area (Å²) in [5.41, 5.74) is 1.65. The largest absolute Gasteiger partial charge is 0.391 e. The summed E-state index contributed by atoms with van der Waals surface area (Å²) in [6.45, 7) is 5.10. The number of aryl methyl sites for hydroxylation is 1. The molecule has 1 saturated heterocycles. The van der Waals surface area contributed by atoms with Crippen molar-refractivity contribution >= 4 is 11.4 Å². The lowest BCUT2D eigenvalue weighted by atomic mass is 9.95. The van der Waals surface area contributed by atoms with Crippen molar-refractivity contribution < 1.29 is 10.0 Å². The van der Waals surface area contributed by atoms with E-state index in [2.05, 4.69) is 0 Å². The van der Waals surface area contributed by atoms with Crippen molar-refractivity contribution in [3.8, 4) is 0 Å². The molecule has 0 spiro atoms. The maximum absolute atomic E-state index is 11.1. The summed E-state index contributed by atoms with van der Waals surface area (Å²) in [6, 6.07) is 5.08. The maximum atomic E-state index is 11.1. The predicted octanol–water partition coefficient (Wildman–Crippen LogP) is 2.11. The number of nitro benzene ring substituents is 1. The second kappa shape index (κ2) is 4.94. The van der Waals surface area contributed by atoms with Crippen LogP contribution in [-0.2, 0) is 0 Å². The first-order chi connectivity index (χ1) is 8.50. The molecular formula is C13H18N2O3. The highest BCUT2D eigenvalue weighted by Crippen LogP contribution is 2.34. The van der Waals surface area contributed by atoms with Gasteiger partial charge in [0.05, 0.1) is 11.0 Å². The molecule has 0 amide bonds. The smallest absolute Gasteiger partial charge is 0.292 e. The number of para-hydroxylation sites is 1. The van der Waals surface area contributed by atoms with Crippen LogP contribution in [0.15, 0.2) is 18.2 Å². The Balaban J connectivity index is 2.36. The fourth-order valence-corrected chi connectivity index (χ4v) is 2.45. The van der Waals surface area contributed by atoms with Gasteiger partial charge < -0.3 is 10.0 Å². The molecular weight excluding hydrogens is 232 g/mol. The third kappa shape index (κ3) is 2.31. The first-order valence-electron chi connectivity index (χ1n) is 6.17. The Morgan fingerprint density at radius 3 is 2.83 bits per heavy atom. The van der Waals surface area contributed by atoms with Crippen LogP contribution in [0.25, 0.3) is 0 Å². The molecule has 0 aromatic heterocycles. The molecule has 1 aliphatic heterocycles. The lowest BCUT2D eigenvalue weighted by Crippen LogP contribution is -2.43. The maximum Gasteiger partial charge on any atom is 0.292 e. The normalized spacial score (nSPS) is 24.1. The second-order valence-electron chi connectivity index (χ2n) is 4.98. The molecule has 0 saturated carbocycles. The number of β-amino-alcohol motifs (C(OH)–C–C–N with tert-alkyl or cyclic N) is 1. The minimum Gasteiger partial charge on any atom is -0.391 e. The lowest BCUT2D eigenvalue weighted by Gasteiger charge is -2.36. The molecule has 5 nitrogen and oxygen atoms in total. The van der Waals surface area contributed by atoms with Gasteiger partial charge in [0, 0.05) is 19.2 Å². The number of hydrogen-bond acceptors (Lipinski definition) is 4. The average Bonchev–Trinajstić information content (AvgIpc) is 2.32. The molecule has 1 N–H and O–H groups in total. The second-order valence-corrected chi connectivity index (χ2v) is 4.98. The van der Waals surface area contributed by atoms with Crippen molar-refractivity contribution in [2.75, 3.05) is 18.0 Å². The van der Waals surface area contributed by atoms with Crippen LogP contribution in [0.2, 0.25) is 0 Å². The van der Waals surface area contributed by atoms with E-state index in [1.165, 1.54) is 6.07 Å². The van der Waals surface area contributed by atoms with Crippen molar-refractivity contribution in [2.45, 2.75) is 26.4 Å². The quantitative estimate of drug-likeness (QED) is 0.645. The van der Waals surface area contributed by atoms with E-state index in [4.69, 9.17) is 0 Å². The first kappa shape index (κ1) is 12.8. The van der Waals surface area contributed by atoms with Crippen molar-refractivity contribution in [1.29, 1.82) is 0 Å². The van der Waals surface area contributed by atoms with Crippen LogP contribution >= 0.6 is 0 Å². The van der Waals surface area contributed by atoms with Gasteiger partial charge in [-0.2, -0.15) is 0 Å². The van der Waals surface area contributed by atoms with Crippen LogP contribution in [0.1, 0.15) is 18.9 Å². The van der Waals surface area contributed by atoms with E-state index in [-0.39, 0.29) is 16.5 Å². The van der Waals surface area contributed by atoms with Gasteiger partial charge in [0.15, 0.2) is 0 Å². The predicted molar refractivity (Wildman–Crippen MR) is 69.8 cm³/mol. The third-order valence-electron chi connectivity index (χ3n) is 3.65. The van der Waals surface area contributed by atoms with Crippen LogP contribution in [0.3, 0.4) is 0 Å². The number of anilines is 1. The number of hydrogen-bond donors (Lipinski definition) is 1. The van der Waals surface area contributed by atoms with Gasteiger partial charge >= 0.3 is 0 Å². The Bertz CT molecular complexity index is 462. The molecule has 1 aromatic rings. The van der Waals surface area contributed by atoms with Gasteiger partial charge in [-0.3, -0.25) is 10.1 Å². The van der Waals surface area contributed by atoms with Crippen molar-refractivity contribution in [2.24, 2.45) is 5.92 Å². The number of nitro groups is 1. The summed E-state index contributed by atoms with van der Waals surface area (Å²) in [5, 5.41) is 21.0. The van der Waals surface area contributed by atoms with E-state index >= 15 is 0 Å². The van der Waals surface area contributed by atoms with Crippen molar-refractivity contribution in [3.05, 3.63) is 33.9 Å². The Morgan fingerprint density at radius 1 is 1.50 bits per heavy atom. The number of nitrogens with zero attached hydrogens (tertiary/aromatic N) is 2. The van der Waals surface area contributed by atoms with Gasteiger partial charge in [0.2, 0.25) is 0 Å². The molecule has 98 valence electrons. The Hall–Kier alpha value is -1.62. The molecule has 2 atom stereocenters. The molecule has 1 aliphatic rings. The van der Waals surface area contributed by atoms with E-state index in [0.29, 0.717) is 12.2 Å². The van der Waals surface area contributed by atoms with Gasteiger partial charge in [-0.15, -0.1) is 0 Å². The van der Waals surface area contributed by atoms with Crippen molar-refractivity contribution in [3.63, 3.8) is 0 Å². The molecule has 1 aromatic carbocycles. The number of aliphatic hydroxyl groups excluding tert-OH is 1. The summed E-state index contributed by atoms with van der Waals surface area (Å²) in [4.78, 5) is 12.7.